The fourth-order valence-corrected chi connectivity index (χ4v) is 8.44. The highest BCUT2D eigenvalue weighted by atomic mass is 16.3. The van der Waals surface area contributed by atoms with Crippen LogP contribution in [-0.4, -0.2) is 24.9 Å². The Kier molecular flexibility index (Phi) is 8.71. The van der Waals surface area contributed by atoms with Gasteiger partial charge in [-0.2, -0.15) is 0 Å². The van der Waals surface area contributed by atoms with E-state index >= 15 is 0 Å². The van der Waals surface area contributed by atoms with E-state index in [9.17, 15) is 0 Å². The number of nitrogens with zero attached hydrogens (tertiary/aromatic N) is 5. The van der Waals surface area contributed by atoms with Crippen LogP contribution >= 0.6 is 0 Å². The first kappa shape index (κ1) is 36.3. The highest BCUT2D eigenvalue weighted by Crippen LogP contribution is 2.35. The van der Waals surface area contributed by atoms with Gasteiger partial charge in [-0.05, 0) is 80.9 Å². The molecule has 12 rings (SSSR count). The molecule has 3 heterocycles. The van der Waals surface area contributed by atoms with E-state index in [2.05, 4.69) is 152 Å². The van der Waals surface area contributed by atoms with Crippen molar-refractivity contribution in [2.24, 2.45) is 0 Å². The zero-order chi connectivity index (χ0) is 41.7. The first-order chi connectivity index (χ1) is 31.1. The van der Waals surface area contributed by atoms with E-state index in [-0.39, 0.29) is 0 Å². The van der Waals surface area contributed by atoms with Crippen molar-refractivity contribution in [2.45, 2.75) is 0 Å². The molecule has 0 radical (unpaired) electrons. The molecule has 6 nitrogen and oxygen atoms in total. The number of aromatic nitrogens is 5. The molecule has 0 atom stereocenters. The second kappa shape index (κ2) is 15.1. The molecule has 63 heavy (non-hydrogen) atoms. The molecule has 3 aromatic heterocycles. The van der Waals surface area contributed by atoms with Gasteiger partial charge in [0.05, 0.1) is 22.1 Å². The standard InChI is InChI=1S/C57H35N5O/c1-3-11-36(12-4-1)37-25-27-41(28-26-37)56-60-55(40-13-5-2-6-14-40)61-57(62-56)46-18-10-16-43(32-46)39-23-21-38(22-24-39)42-15-9-17-44(31-42)45-29-30-49-50(33-45)59-52-35-54-48(34-51(52)58-49)47-19-7-8-20-53(47)63-54/h1-35H. The van der Waals surface area contributed by atoms with Crippen LogP contribution in [-0.2, 0) is 0 Å². The molecule has 0 saturated heterocycles. The third kappa shape index (κ3) is 6.86. The summed E-state index contributed by atoms with van der Waals surface area (Å²) in [5.41, 5.74) is 16.8. The van der Waals surface area contributed by atoms with Gasteiger partial charge in [-0.15, -0.1) is 0 Å². The lowest BCUT2D eigenvalue weighted by molar-refractivity contribution is 0.669. The van der Waals surface area contributed by atoms with Crippen molar-refractivity contribution in [3.63, 3.8) is 0 Å². The Hall–Kier alpha value is -8.61. The minimum Gasteiger partial charge on any atom is -0.456 e. The van der Waals surface area contributed by atoms with Crippen LogP contribution in [0.4, 0.5) is 0 Å². The van der Waals surface area contributed by atoms with Crippen molar-refractivity contribution >= 4 is 44.0 Å². The first-order valence-corrected chi connectivity index (χ1v) is 21.0. The van der Waals surface area contributed by atoms with Gasteiger partial charge < -0.3 is 4.42 Å². The first-order valence-electron chi connectivity index (χ1n) is 21.0. The molecule has 6 heteroatoms. The molecule has 0 aliphatic carbocycles. The van der Waals surface area contributed by atoms with Gasteiger partial charge in [0.2, 0.25) is 0 Å². The number of furan rings is 1. The van der Waals surface area contributed by atoms with Crippen molar-refractivity contribution in [2.75, 3.05) is 0 Å². The molecule has 0 aliphatic rings. The Balaban J connectivity index is 0.835. The molecule has 0 saturated carbocycles. The minimum atomic E-state index is 0.623. The number of fused-ring (bicyclic) bond motifs is 5. The van der Waals surface area contributed by atoms with Crippen LogP contribution in [0.5, 0.6) is 0 Å². The molecule has 0 spiro atoms. The quantitative estimate of drug-likeness (QED) is 0.149. The average molecular weight is 806 g/mol. The predicted molar refractivity (Wildman–Crippen MR) is 256 cm³/mol. The number of hydrogen-bond donors (Lipinski definition) is 0. The van der Waals surface area contributed by atoms with Crippen LogP contribution in [0.1, 0.15) is 0 Å². The number of benzene rings is 9. The molecule has 0 aliphatic heterocycles. The average Bonchev–Trinajstić information content (AvgIpc) is 3.72. The van der Waals surface area contributed by atoms with Crippen LogP contribution in [0.25, 0.3) is 123 Å². The predicted octanol–water partition coefficient (Wildman–Crippen LogP) is 14.5. The van der Waals surface area contributed by atoms with Crippen LogP contribution in [0, 0.1) is 0 Å². The minimum absolute atomic E-state index is 0.623. The molecular formula is C57H35N5O. The zero-order valence-corrected chi connectivity index (χ0v) is 33.9. The Morgan fingerprint density at radius 2 is 0.635 bits per heavy atom. The second-order valence-electron chi connectivity index (χ2n) is 15.7. The van der Waals surface area contributed by atoms with E-state index in [1.54, 1.807) is 0 Å². The summed E-state index contributed by atoms with van der Waals surface area (Å²) in [5.74, 6) is 1.89. The molecule has 0 unspecified atom stereocenters. The van der Waals surface area contributed by atoms with E-state index in [4.69, 9.17) is 29.3 Å². The Morgan fingerprint density at radius 3 is 1.32 bits per heavy atom. The summed E-state index contributed by atoms with van der Waals surface area (Å²) < 4.78 is 6.15. The lowest BCUT2D eigenvalue weighted by Crippen LogP contribution is -2.00. The topological polar surface area (TPSA) is 77.6 Å². The van der Waals surface area contributed by atoms with E-state index < -0.39 is 0 Å². The van der Waals surface area contributed by atoms with Crippen molar-refractivity contribution in [1.82, 2.24) is 24.9 Å². The van der Waals surface area contributed by atoms with Crippen molar-refractivity contribution in [1.29, 1.82) is 0 Å². The molecule has 0 fully saturated rings. The van der Waals surface area contributed by atoms with Gasteiger partial charge in [-0.25, -0.2) is 24.9 Å². The van der Waals surface area contributed by atoms with Crippen LogP contribution in [0.15, 0.2) is 217 Å². The van der Waals surface area contributed by atoms with E-state index in [0.29, 0.717) is 17.5 Å². The Morgan fingerprint density at radius 1 is 0.222 bits per heavy atom. The van der Waals surface area contributed by atoms with Gasteiger partial charge in [0.15, 0.2) is 17.5 Å². The second-order valence-corrected chi connectivity index (χ2v) is 15.7. The maximum atomic E-state index is 6.15. The summed E-state index contributed by atoms with van der Waals surface area (Å²) in [7, 11) is 0. The summed E-state index contributed by atoms with van der Waals surface area (Å²) in [6.45, 7) is 0. The lowest BCUT2D eigenvalue weighted by atomic mass is 9.96. The normalized spacial score (nSPS) is 11.5. The van der Waals surface area contributed by atoms with Crippen molar-refractivity contribution in [3.8, 4) is 78.7 Å². The lowest BCUT2D eigenvalue weighted by Gasteiger charge is -2.11. The largest absolute Gasteiger partial charge is 0.456 e. The van der Waals surface area contributed by atoms with Gasteiger partial charge in [-0.1, -0.05) is 170 Å². The van der Waals surface area contributed by atoms with Gasteiger partial charge in [0, 0.05) is 33.5 Å². The third-order valence-corrected chi connectivity index (χ3v) is 11.7. The fourth-order valence-electron chi connectivity index (χ4n) is 8.44. The van der Waals surface area contributed by atoms with E-state index in [1.165, 1.54) is 5.56 Å². The summed E-state index contributed by atoms with van der Waals surface area (Å²) >= 11 is 0. The van der Waals surface area contributed by atoms with Crippen LogP contribution in [0.3, 0.4) is 0 Å². The number of hydrogen-bond acceptors (Lipinski definition) is 6. The summed E-state index contributed by atoms with van der Waals surface area (Å²) in [6.07, 6.45) is 0. The maximum absolute atomic E-state index is 6.15. The molecular weight excluding hydrogens is 771 g/mol. The van der Waals surface area contributed by atoms with Crippen LogP contribution < -0.4 is 0 Å². The fraction of sp³-hybridized carbons (Fsp3) is 0. The van der Waals surface area contributed by atoms with E-state index in [0.717, 1.165) is 99.6 Å². The highest BCUT2D eigenvalue weighted by Gasteiger charge is 2.15. The highest BCUT2D eigenvalue weighted by molar-refractivity contribution is 6.09. The number of rotatable bonds is 7. The molecule has 0 amide bonds. The van der Waals surface area contributed by atoms with Crippen molar-refractivity contribution in [3.05, 3.63) is 212 Å². The van der Waals surface area contributed by atoms with Gasteiger partial charge in [0.1, 0.15) is 11.2 Å². The molecule has 294 valence electrons. The zero-order valence-electron chi connectivity index (χ0n) is 33.9. The Labute approximate surface area is 362 Å². The van der Waals surface area contributed by atoms with Crippen molar-refractivity contribution < 1.29 is 4.42 Å². The SMILES string of the molecule is c1ccc(-c2ccc(-c3nc(-c4ccccc4)nc(-c4cccc(-c5ccc(-c6cccc(-c7ccc8nc9cc%10c(cc9nc8c7)oc7ccccc7%10)c6)cc5)c4)n3)cc2)cc1. The molecule has 0 N–H and O–H groups in total. The summed E-state index contributed by atoms with van der Waals surface area (Å²) in [4.78, 5) is 25.0. The molecule has 9 aromatic carbocycles. The monoisotopic (exact) mass is 805 g/mol. The molecule has 0 bridgehead atoms. The van der Waals surface area contributed by atoms with Crippen LogP contribution in [0.2, 0.25) is 0 Å². The van der Waals surface area contributed by atoms with Gasteiger partial charge in [0.25, 0.3) is 0 Å². The summed E-state index contributed by atoms with van der Waals surface area (Å²) in [5, 5.41) is 2.13. The smallest absolute Gasteiger partial charge is 0.164 e. The maximum Gasteiger partial charge on any atom is 0.164 e. The Bertz CT molecular complexity index is 3660. The molecule has 12 aromatic rings. The van der Waals surface area contributed by atoms with Gasteiger partial charge >= 0.3 is 0 Å². The van der Waals surface area contributed by atoms with Gasteiger partial charge in [-0.3, -0.25) is 0 Å². The van der Waals surface area contributed by atoms with E-state index in [1.807, 2.05) is 60.7 Å². The summed E-state index contributed by atoms with van der Waals surface area (Å²) in [6, 6.07) is 73.2. The third-order valence-electron chi connectivity index (χ3n) is 11.7. The number of para-hydroxylation sites is 1.